The van der Waals surface area contributed by atoms with Crippen molar-refractivity contribution < 1.29 is 14.8 Å². The van der Waals surface area contributed by atoms with Crippen LogP contribution in [-0.2, 0) is 11.3 Å². The number of nitro benzene ring substituents is 1. The molecule has 0 heterocycles. The average molecular weight is 297 g/mol. The smallest absolute Gasteiger partial charge is 0.292 e. The number of para-hydroxylation sites is 1. The summed E-state index contributed by atoms with van der Waals surface area (Å²) in [6, 6.07) is 5.04. The molecular weight excluding hydrogens is 274 g/mol. The van der Waals surface area contributed by atoms with Gasteiger partial charge in [-0.2, -0.15) is 0 Å². The molecule has 0 spiro atoms. The number of hydrogen-bond donors (Lipinski definition) is 2. The van der Waals surface area contributed by atoms with Gasteiger partial charge < -0.3 is 15.2 Å². The number of benzene rings is 1. The third kappa shape index (κ3) is 5.30. The highest BCUT2D eigenvalue weighted by Gasteiger charge is 2.18. The summed E-state index contributed by atoms with van der Waals surface area (Å²) in [6.45, 7) is 4.77. The van der Waals surface area contributed by atoms with E-state index >= 15 is 0 Å². The Labute approximate surface area is 124 Å². The Hall–Kier alpha value is -1.70. The molecule has 21 heavy (non-hydrogen) atoms. The van der Waals surface area contributed by atoms with Gasteiger partial charge in [0.1, 0.15) is 5.69 Å². The van der Waals surface area contributed by atoms with Crippen molar-refractivity contribution in [2.45, 2.75) is 13.5 Å². The molecule has 7 nitrogen and oxygen atoms in total. The lowest BCUT2D eigenvalue weighted by Crippen LogP contribution is -2.30. The highest BCUT2D eigenvalue weighted by molar-refractivity contribution is 5.66. The van der Waals surface area contributed by atoms with E-state index < -0.39 is 0 Å². The second kappa shape index (κ2) is 9.28. The first kappa shape index (κ1) is 17.4. The van der Waals surface area contributed by atoms with Gasteiger partial charge in [-0.3, -0.25) is 15.0 Å². The number of rotatable bonds is 10. The molecule has 7 heteroatoms. The highest BCUT2D eigenvalue weighted by Crippen LogP contribution is 2.29. The van der Waals surface area contributed by atoms with Crippen LogP contribution < -0.4 is 5.32 Å². The van der Waals surface area contributed by atoms with E-state index in [4.69, 9.17) is 9.84 Å². The first-order valence-electron chi connectivity index (χ1n) is 6.96. The highest BCUT2D eigenvalue weighted by atomic mass is 16.6. The molecule has 1 aromatic carbocycles. The third-order valence-electron chi connectivity index (χ3n) is 3.10. The Bertz CT molecular complexity index is 454. The van der Waals surface area contributed by atoms with E-state index in [1.807, 2.05) is 17.9 Å². The number of nitrogens with zero attached hydrogens (tertiary/aromatic N) is 2. The van der Waals surface area contributed by atoms with Crippen LogP contribution in [0.25, 0.3) is 0 Å². The Kier molecular flexibility index (Phi) is 7.66. The summed E-state index contributed by atoms with van der Waals surface area (Å²) in [6.07, 6.45) is 0. The van der Waals surface area contributed by atoms with Gasteiger partial charge >= 0.3 is 0 Å². The molecule has 0 fully saturated rings. The van der Waals surface area contributed by atoms with Crippen molar-refractivity contribution >= 4 is 11.4 Å². The van der Waals surface area contributed by atoms with Crippen molar-refractivity contribution in [3.8, 4) is 0 Å². The lowest BCUT2D eigenvalue weighted by Gasteiger charge is -2.22. The molecule has 0 aliphatic carbocycles. The van der Waals surface area contributed by atoms with E-state index in [-0.39, 0.29) is 17.2 Å². The minimum atomic E-state index is -0.382. The van der Waals surface area contributed by atoms with Crippen LogP contribution in [0.1, 0.15) is 12.5 Å². The molecular formula is C14H23N3O4. The fourth-order valence-electron chi connectivity index (χ4n) is 2.12. The van der Waals surface area contributed by atoms with Gasteiger partial charge in [-0.15, -0.1) is 0 Å². The minimum Gasteiger partial charge on any atom is -0.395 e. The Morgan fingerprint density at radius 1 is 1.43 bits per heavy atom. The summed E-state index contributed by atoms with van der Waals surface area (Å²) in [4.78, 5) is 12.7. The van der Waals surface area contributed by atoms with Crippen molar-refractivity contribution in [2.24, 2.45) is 0 Å². The summed E-state index contributed by atoms with van der Waals surface area (Å²) >= 11 is 0. The van der Waals surface area contributed by atoms with Crippen LogP contribution >= 0.6 is 0 Å². The molecule has 0 bridgehead atoms. The fourth-order valence-corrected chi connectivity index (χ4v) is 2.12. The molecule has 0 saturated carbocycles. The van der Waals surface area contributed by atoms with Crippen LogP contribution in [0.4, 0.5) is 11.4 Å². The average Bonchev–Trinajstić information content (AvgIpc) is 2.46. The topological polar surface area (TPSA) is 87.9 Å². The van der Waals surface area contributed by atoms with Crippen LogP contribution in [0.5, 0.6) is 0 Å². The predicted molar refractivity (Wildman–Crippen MR) is 81.5 cm³/mol. The summed E-state index contributed by atoms with van der Waals surface area (Å²) < 4.78 is 5.05. The number of nitro groups is 1. The molecule has 118 valence electrons. The van der Waals surface area contributed by atoms with E-state index in [9.17, 15) is 10.1 Å². The molecule has 0 aliphatic rings. The zero-order valence-corrected chi connectivity index (χ0v) is 12.5. The third-order valence-corrected chi connectivity index (χ3v) is 3.10. The van der Waals surface area contributed by atoms with E-state index in [1.165, 1.54) is 6.07 Å². The van der Waals surface area contributed by atoms with Crippen LogP contribution in [0.15, 0.2) is 18.2 Å². The number of aliphatic hydroxyl groups is 1. The lowest BCUT2D eigenvalue weighted by atomic mass is 10.1. The molecule has 2 N–H and O–H groups in total. The molecule has 1 rings (SSSR count). The van der Waals surface area contributed by atoms with Gasteiger partial charge in [0.15, 0.2) is 0 Å². The van der Waals surface area contributed by atoms with Gasteiger partial charge in [-0.1, -0.05) is 12.1 Å². The summed E-state index contributed by atoms with van der Waals surface area (Å²) in [5.74, 6) is 0. The maximum Gasteiger partial charge on any atom is 0.292 e. The fraction of sp³-hybridized carbons (Fsp3) is 0.571. The number of nitrogens with one attached hydrogen (secondary N) is 1. The van der Waals surface area contributed by atoms with Gasteiger partial charge in [0.25, 0.3) is 5.69 Å². The monoisotopic (exact) mass is 297 g/mol. The van der Waals surface area contributed by atoms with Gasteiger partial charge in [-0.05, 0) is 12.5 Å². The van der Waals surface area contributed by atoms with Crippen LogP contribution in [0.3, 0.4) is 0 Å². The van der Waals surface area contributed by atoms with Gasteiger partial charge in [0.2, 0.25) is 0 Å². The Morgan fingerprint density at radius 3 is 2.76 bits per heavy atom. The SMILES string of the molecule is CCNc1c(CN(CCO)CCOC)cccc1[N+](=O)[O-]. The van der Waals surface area contributed by atoms with E-state index in [0.29, 0.717) is 38.5 Å². The summed E-state index contributed by atoms with van der Waals surface area (Å²) in [5, 5.41) is 23.3. The molecule has 0 aliphatic heterocycles. The van der Waals surface area contributed by atoms with E-state index in [1.54, 1.807) is 13.2 Å². The van der Waals surface area contributed by atoms with Crippen LogP contribution in [0, 0.1) is 10.1 Å². The minimum absolute atomic E-state index is 0.0369. The predicted octanol–water partition coefficient (Wildman–Crippen LogP) is 1.47. The normalized spacial score (nSPS) is 10.9. The van der Waals surface area contributed by atoms with Crippen molar-refractivity contribution in [2.75, 3.05) is 45.3 Å². The maximum absolute atomic E-state index is 11.1. The van der Waals surface area contributed by atoms with Crippen molar-refractivity contribution in [3.05, 3.63) is 33.9 Å². The number of aliphatic hydroxyl groups excluding tert-OH is 1. The van der Waals surface area contributed by atoms with E-state index in [2.05, 4.69) is 5.32 Å². The quantitative estimate of drug-likeness (QED) is 0.502. The van der Waals surface area contributed by atoms with Gasteiger partial charge in [0, 0.05) is 39.4 Å². The number of methoxy groups -OCH3 is 1. The molecule has 0 amide bonds. The maximum atomic E-state index is 11.1. The van der Waals surface area contributed by atoms with Crippen molar-refractivity contribution in [1.29, 1.82) is 0 Å². The first-order chi connectivity index (χ1) is 10.1. The zero-order valence-electron chi connectivity index (χ0n) is 12.5. The second-order valence-electron chi connectivity index (χ2n) is 4.59. The Morgan fingerprint density at radius 2 is 2.19 bits per heavy atom. The van der Waals surface area contributed by atoms with Crippen LogP contribution in [0.2, 0.25) is 0 Å². The molecule has 1 aromatic rings. The van der Waals surface area contributed by atoms with E-state index in [0.717, 1.165) is 5.56 Å². The molecule has 0 atom stereocenters. The second-order valence-corrected chi connectivity index (χ2v) is 4.59. The molecule has 0 saturated heterocycles. The summed E-state index contributed by atoms with van der Waals surface area (Å²) in [7, 11) is 1.62. The number of anilines is 1. The standard InChI is InChI=1S/C14H23N3O4/c1-3-15-14-12(5-4-6-13(14)17(19)20)11-16(7-9-18)8-10-21-2/h4-6,15,18H,3,7-11H2,1-2H3. The Balaban J connectivity index is 2.98. The lowest BCUT2D eigenvalue weighted by molar-refractivity contribution is -0.384. The number of hydrogen-bond acceptors (Lipinski definition) is 6. The molecule has 0 aromatic heterocycles. The molecule has 0 unspecified atom stereocenters. The van der Waals surface area contributed by atoms with Crippen LogP contribution in [-0.4, -0.2) is 54.9 Å². The largest absolute Gasteiger partial charge is 0.395 e. The van der Waals surface area contributed by atoms with Gasteiger partial charge in [0.05, 0.1) is 18.1 Å². The molecule has 0 radical (unpaired) electrons. The zero-order chi connectivity index (χ0) is 15.7. The summed E-state index contributed by atoms with van der Waals surface area (Å²) in [5.41, 5.74) is 1.46. The van der Waals surface area contributed by atoms with Gasteiger partial charge in [-0.25, -0.2) is 0 Å². The number of ether oxygens (including phenoxy) is 1. The van der Waals surface area contributed by atoms with Crippen molar-refractivity contribution in [3.63, 3.8) is 0 Å². The van der Waals surface area contributed by atoms with Crippen molar-refractivity contribution in [1.82, 2.24) is 4.90 Å². The first-order valence-corrected chi connectivity index (χ1v) is 6.96.